The molecule has 25 heavy (non-hydrogen) atoms. The van der Waals surface area contributed by atoms with Crippen LogP contribution in [0, 0.1) is 5.92 Å². The number of nitrogens with one attached hydrogen (secondary N) is 2. The standard InChI is InChI=1S/C19H31N3O3/c1-6-13(2)16(22-18(20)24)17(23)21-11-12-25-15-9-7-14(8-10-15)19(3,4)5/h7-10,13,16H,6,11-12H2,1-5H3,(H,21,23)(H3,20,22,24)/t13-,16-/m0/s1. The Bertz CT molecular complexity index is 564. The summed E-state index contributed by atoms with van der Waals surface area (Å²) in [7, 11) is 0. The summed E-state index contributed by atoms with van der Waals surface area (Å²) >= 11 is 0. The van der Waals surface area contributed by atoms with Gasteiger partial charge in [-0.2, -0.15) is 0 Å². The normalized spacial score (nSPS) is 13.6. The molecule has 0 heterocycles. The molecule has 0 aliphatic carbocycles. The summed E-state index contributed by atoms with van der Waals surface area (Å²) in [5.41, 5.74) is 6.48. The number of amides is 3. The largest absolute Gasteiger partial charge is 0.492 e. The smallest absolute Gasteiger partial charge is 0.312 e. The fourth-order valence-electron chi connectivity index (χ4n) is 2.36. The van der Waals surface area contributed by atoms with E-state index in [2.05, 4.69) is 31.4 Å². The lowest BCUT2D eigenvalue weighted by molar-refractivity contribution is -0.124. The lowest BCUT2D eigenvalue weighted by Crippen LogP contribution is -2.52. The molecule has 0 aromatic heterocycles. The van der Waals surface area contributed by atoms with Crippen LogP contribution in [0.25, 0.3) is 0 Å². The van der Waals surface area contributed by atoms with Crippen molar-refractivity contribution in [3.8, 4) is 5.75 Å². The monoisotopic (exact) mass is 349 g/mol. The molecule has 0 aliphatic rings. The third kappa shape index (κ3) is 7.03. The number of urea groups is 1. The second-order valence-corrected chi connectivity index (χ2v) is 7.29. The van der Waals surface area contributed by atoms with E-state index in [1.165, 1.54) is 5.56 Å². The third-order valence-corrected chi connectivity index (χ3v) is 4.18. The van der Waals surface area contributed by atoms with Crippen molar-refractivity contribution in [3.05, 3.63) is 29.8 Å². The maximum Gasteiger partial charge on any atom is 0.312 e. The average molecular weight is 349 g/mol. The molecular formula is C19H31N3O3. The molecule has 0 bridgehead atoms. The van der Waals surface area contributed by atoms with Crippen molar-refractivity contribution in [1.82, 2.24) is 10.6 Å². The number of rotatable bonds is 8. The number of carbonyl (C=O) groups excluding carboxylic acids is 2. The van der Waals surface area contributed by atoms with Crippen LogP contribution in [-0.4, -0.2) is 31.1 Å². The Labute approximate surface area is 150 Å². The Morgan fingerprint density at radius 2 is 1.80 bits per heavy atom. The Balaban J connectivity index is 2.45. The van der Waals surface area contributed by atoms with Crippen molar-refractivity contribution in [2.45, 2.75) is 52.5 Å². The van der Waals surface area contributed by atoms with Gasteiger partial charge in [0, 0.05) is 0 Å². The van der Waals surface area contributed by atoms with E-state index in [1.54, 1.807) is 0 Å². The van der Waals surface area contributed by atoms with Gasteiger partial charge in [0.1, 0.15) is 18.4 Å². The van der Waals surface area contributed by atoms with E-state index in [4.69, 9.17) is 10.5 Å². The molecule has 2 atom stereocenters. The predicted molar refractivity (Wildman–Crippen MR) is 99.6 cm³/mol. The summed E-state index contributed by atoms with van der Waals surface area (Å²) in [4.78, 5) is 23.3. The van der Waals surface area contributed by atoms with E-state index in [-0.39, 0.29) is 17.2 Å². The van der Waals surface area contributed by atoms with Crippen LogP contribution in [0.4, 0.5) is 4.79 Å². The fourth-order valence-corrected chi connectivity index (χ4v) is 2.36. The number of hydrogen-bond acceptors (Lipinski definition) is 3. The van der Waals surface area contributed by atoms with Gasteiger partial charge in [-0.25, -0.2) is 4.79 Å². The second kappa shape index (κ2) is 9.30. The molecule has 0 saturated heterocycles. The highest BCUT2D eigenvalue weighted by Crippen LogP contribution is 2.24. The first-order valence-corrected chi connectivity index (χ1v) is 8.72. The lowest BCUT2D eigenvalue weighted by Gasteiger charge is -2.22. The molecule has 140 valence electrons. The number of ether oxygens (including phenoxy) is 1. The van der Waals surface area contributed by atoms with Crippen LogP contribution in [0.5, 0.6) is 5.75 Å². The molecule has 0 spiro atoms. The van der Waals surface area contributed by atoms with Crippen LogP contribution in [-0.2, 0) is 10.2 Å². The van der Waals surface area contributed by atoms with Gasteiger partial charge in [0.2, 0.25) is 5.91 Å². The SMILES string of the molecule is CC[C@H](C)[C@H](NC(N)=O)C(=O)NCCOc1ccc(C(C)(C)C)cc1. The molecule has 0 fully saturated rings. The molecule has 0 radical (unpaired) electrons. The van der Waals surface area contributed by atoms with Crippen molar-refractivity contribution in [2.75, 3.05) is 13.2 Å². The van der Waals surface area contributed by atoms with Crippen LogP contribution in [0.15, 0.2) is 24.3 Å². The van der Waals surface area contributed by atoms with Gasteiger partial charge in [-0.05, 0) is 29.0 Å². The van der Waals surface area contributed by atoms with Crippen LogP contribution >= 0.6 is 0 Å². The van der Waals surface area contributed by atoms with Gasteiger partial charge in [0.05, 0.1) is 6.54 Å². The zero-order chi connectivity index (χ0) is 19.0. The van der Waals surface area contributed by atoms with Crippen LogP contribution in [0.1, 0.15) is 46.6 Å². The molecule has 6 heteroatoms. The van der Waals surface area contributed by atoms with E-state index in [0.717, 1.165) is 12.2 Å². The maximum absolute atomic E-state index is 12.2. The fraction of sp³-hybridized carbons (Fsp3) is 0.579. The summed E-state index contributed by atoms with van der Waals surface area (Å²) in [5.74, 6) is 0.508. The first kappa shape index (κ1) is 20.8. The van der Waals surface area contributed by atoms with Gasteiger partial charge in [-0.15, -0.1) is 0 Å². The predicted octanol–water partition coefficient (Wildman–Crippen LogP) is 2.56. The summed E-state index contributed by atoms with van der Waals surface area (Å²) in [6.07, 6.45) is 0.759. The van der Waals surface area contributed by atoms with Gasteiger partial charge in [-0.1, -0.05) is 53.2 Å². The van der Waals surface area contributed by atoms with E-state index in [1.807, 2.05) is 38.1 Å². The van der Waals surface area contributed by atoms with Crippen LogP contribution < -0.4 is 21.1 Å². The molecule has 0 unspecified atom stereocenters. The number of benzene rings is 1. The highest BCUT2D eigenvalue weighted by atomic mass is 16.5. The Morgan fingerprint density at radius 1 is 1.20 bits per heavy atom. The molecule has 4 N–H and O–H groups in total. The van der Waals surface area contributed by atoms with E-state index in [0.29, 0.717) is 13.2 Å². The van der Waals surface area contributed by atoms with Gasteiger partial charge < -0.3 is 21.1 Å². The minimum absolute atomic E-state index is 0.00152. The Hall–Kier alpha value is -2.24. The van der Waals surface area contributed by atoms with Crippen LogP contribution in [0.2, 0.25) is 0 Å². The van der Waals surface area contributed by atoms with Gasteiger partial charge in [0.25, 0.3) is 0 Å². The summed E-state index contributed by atoms with van der Waals surface area (Å²) in [5, 5.41) is 5.27. The molecular weight excluding hydrogens is 318 g/mol. The summed E-state index contributed by atoms with van der Waals surface area (Å²) < 4.78 is 5.64. The zero-order valence-corrected chi connectivity index (χ0v) is 15.9. The average Bonchev–Trinajstić information content (AvgIpc) is 2.55. The quantitative estimate of drug-likeness (QED) is 0.630. The molecule has 0 saturated carbocycles. The third-order valence-electron chi connectivity index (χ3n) is 4.18. The topological polar surface area (TPSA) is 93.5 Å². The Morgan fingerprint density at radius 3 is 2.28 bits per heavy atom. The Kier molecular flexibility index (Phi) is 7.74. The number of carbonyl (C=O) groups is 2. The highest BCUT2D eigenvalue weighted by Gasteiger charge is 2.24. The van der Waals surface area contributed by atoms with Crippen LogP contribution in [0.3, 0.4) is 0 Å². The highest BCUT2D eigenvalue weighted by molar-refractivity contribution is 5.86. The van der Waals surface area contributed by atoms with Gasteiger partial charge in [0.15, 0.2) is 0 Å². The first-order valence-electron chi connectivity index (χ1n) is 8.72. The summed E-state index contributed by atoms with van der Waals surface area (Å²) in [6.45, 7) is 11.0. The number of nitrogens with two attached hydrogens (primary N) is 1. The van der Waals surface area contributed by atoms with Crippen molar-refractivity contribution < 1.29 is 14.3 Å². The van der Waals surface area contributed by atoms with Crippen molar-refractivity contribution in [2.24, 2.45) is 11.7 Å². The molecule has 1 aromatic rings. The number of hydrogen-bond donors (Lipinski definition) is 3. The summed E-state index contributed by atoms with van der Waals surface area (Å²) in [6, 6.07) is 6.62. The molecule has 0 aliphatic heterocycles. The van der Waals surface area contributed by atoms with Crippen molar-refractivity contribution in [1.29, 1.82) is 0 Å². The minimum atomic E-state index is -0.698. The zero-order valence-electron chi connectivity index (χ0n) is 15.9. The second-order valence-electron chi connectivity index (χ2n) is 7.29. The maximum atomic E-state index is 12.2. The first-order chi connectivity index (χ1) is 11.6. The van der Waals surface area contributed by atoms with E-state index in [9.17, 15) is 9.59 Å². The van der Waals surface area contributed by atoms with E-state index >= 15 is 0 Å². The molecule has 6 nitrogen and oxygen atoms in total. The minimum Gasteiger partial charge on any atom is -0.492 e. The molecule has 1 aromatic carbocycles. The van der Waals surface area contributed by atoms with Gasteiger partial charge >= 0.3 is 6.03 Å². The molecule has 1 rings (SSSR count). The van der Waals surface area contributed by atoms with Gasteiger partial charge in [-0.3, -0.25) is 4.79 Å². The lowest BCUT2D eigenvalue weighted by atomic mass is 9.87. The molecule has 3 amide bonds. The number of primary amides is 1. The van der Waals surface area contributed by atoms with E-state index < -0.39 is 12.1 Å². The van der Waals surface area contributed by atoms with Crippen molar-refractivity contribution in [3.63, 3.8) is 0 Å². The van der Waals surface area contributed by atoms with Crippen molar-refractivity contribution >= 4 is 11.9 Å².